The number of hydrogen-bond donors (Lipinski definition) is 0. The first-order chi connectivity index (χ1) is 8.76. The van der Waals surface area contributed by atoms with Gasteiger partial charge in [-0.3, -0.25) is 0 Å². The van der Waals surface area contributed by atoms with Gasteiger partial charge in [0.2, 0.25) is 5.95 Å². The summed E-state index contributed by atoms with van der Waals surface area (Å²) in [6, 6.07) is 4.02. The number of piperidine rings is 1. The molecule has 1 aromatic rings. The molecule has 0 bridgehead atoms. The molecule has 0 spiro atoms. The summed E-state index contributed by atoms with van der Waals surface area (Å²) in [5.41, 5.74) is 1.58. The Balaban J connectivity index is 1.86. The van der Waals surface area contributed by atoms with Crippen LogP contribution in [0, 0.1) is 17.2 Å². The third kappa shape index (κ3) is 2.31. The third-order valence-electron chi connectivity index (χ3n) is 3.91. The highest BCUT2D eigenvalue weighted by molar-refractivity contribution is 5.38. The van der Waals surface area contributed by atoms with Crippen LogP contribution in [-0.2, 0) is 0 Å². The van der Waals surface area contributed by atoms with E-state index in [4.69, 9.17) is 5.26 Å². The van der Waals surface area contributed by atoms with Crippen LogP contribution in [0.5, 0.6) is 0 Å². The van der Waals surface area contributed by atoms with Gasteiger partial charge in [-0.2, -0.15) is 5.26 Å². The van der Waals surface area contributed by atoms with Crippen molar-refractivity contribution in [2.75, 3.05) is 18.0 Å². The molecule has 18 heavy (non-hydrogen) atoms. The van der Waals surface area contributed by atoms with Crippen LogP contribution in [0.2, 0.25) is 0 Å². The Hall–Kier alpha value is -1.63. The molecule has 1 aromatic heterocycles. The molecule has 1 saturated carbocycles. The van der Waals surface area contributed by atoms with Gasteiger partial charge in [-0.25, -0.2) is 9.97 Å². The van der Waals surface area contributed by atoms with E-state index < -0.39 is 0 Å². The normalized spacial score (nSPS) is 20.8. The van der Waals surface area contributed by atoms with Crippen molar-refractivity contribution in [2.24, 2.45) is 5.92 Å². The quantitative estimate of drug-likeness (QED) is 0.799. The molecule has 2 fully saturated rings. The van der Waals surface area contributed by atoms with E-state index >= 15 is 0 Å². The van der Waals surface area contributed by atoms with Crippen LogP contribution in [0.1, 0.15) is 49.9 Å². The Morgan fingerprint density at radius 1 is 1.22 bits per heavy atom. The Bertz CT molecular complexity index is 479. The van der Waals surface area contributed by atoms with Gasteiger partial charge >= 0.3 is 0 Å². The summed E-state index contributed by atoms with van der Waals surface area (Å²) in [4.78, 5) is 11.2. The fourth-order valence-corrected chi connectivity index (χ4v) is 2.45. The highest BCUT2D eigenvalue weighted by Gasteiger charge is 2.27. The molecule has 3 rings (SSSR count). The van der Waals surface area contributed by atoms with Crippen LogP contribution in [0.15, 0.2) is 6.07 Å². The van der Waals surface area contributed by atoms with Gasteiger partial charge in [-0.05, 0) is 37.7 Å². The molecule has 0 unspecified atom stereocenters. The Kier molecular flexibility index (Phi) is 2.91. The maximum atomic E-state index is 9.07. The van der Waals surface area contributed by atoms with E-state index in [-0.39, 0.29) is 0 Å². The average molecular weight is 242 g/mol. The molecule has 2 aliphatic rings. The van der Waals surface area contributed by atoms with Crippen LogP contribution in [-0.4, -0.2) is 23.1 Å². The minimum atomic E-state index is 0.514. The van der Waals surface area contributed by atoms with Gasteiger partial charge in [0.15, 0.2) is 0 Å². The second-order valence-electron chi connectivity index (χ2n) is 5.53. The van der Waals surface area contributed by atoms with E-state index in [9.17, 15) is 0 Å². The van der Waals surface area contributed by atoms with E-state index in [0.717, 1.165) is 30.6 Å². The molecule has 0 radical (unpaired) electrons. The Labute approximate surface area is 108 Å². The molecule has 0 amide bonds. The van der Waals surface area contributed by atoms with Crippen LogP contribution < -0.4 is 4.90 Å². The van der Waals surface area contributed by atoms with Crippen molar-refractivity contribution in [3.05, 3.63) is 17.5 Å². The second-order valence-corrected chi connectivity index (χ2v) is 5.53. The molecule has 0 aromatic carbocycles. The summed E-state index contributed by atoms with van der Waals surface area (Å²) in [6.07, 6.45) is 4.80. The van der Waals surface area contributed by atoms with Crippen molar-refractivity contribution in [1.82, 2.24) is 9.97 Å². The zero-order chi connectivity index (χ0) is 12.5. The number of rotatable bonds is 2. The van der Waals surface area contributed by atoms with Gasteiger partial charge in [0.25, 0.3) is 0 Å². The van der Waals surface area contributed by atoms with Gasteiger partial charge < -0.3 is 4.90 Å². The van der Waals surface area contributed by atoms with Crippen molar-refractivity contribution >= 4 is 5.95 Å². The lowest BCUT2D eigenvalue weighted by Gasteiger charge is -2.30. The van der Waals surface area contributed by atoms with E-state index in [2.05, 4.69) is 27.9 Å². The molecule has 1 aliphatic carbocycles. The summed E-state index contributed by atoms with van der Waals surface area (Å²) in [5, 5.41) is 9.07. The predicted molar refractivity (Wildman–Crippen MR) is 69.3 cm³/mol. The molecule has 1 saturated heterocycles. The molecular weight excluding hydrogens is 224 g/mol. The molecule has 0 atom stereocenters. The SMILES string of the molecule is CC1CCN(c2nc(C#N)cc(C3CC3)n2)CC1. The van der Waals surface area contributed by atoms with Crippen LogP contribution in [0.4, 0.5) is 5.95 Å². The smallest absolute Gasteiger partial charge is 0.226 e. The molecule has 0 N–H and O–H groups in total. The number of anilines is 1. The maximum Gasteiger partial charge on any atom is 0.226 e. The molecular formula is C14H18N4. The summed E-state index contributed by atoms with van der Waals surface area (Å²) < 4.78 is 0. The van der Waals surface area contributed by atoms with Crippen molar-refractivity contribution in [1.29, 1.82) is 5.26 Å². The predicted octanol–water partition coefficient (Wildman–Crippen LogP) is 2.46. The largest absolute Gasteiger partial charge is 0.341 e. The lowest BCUT2D eigenvalue weighted by Crippen LogP contribution is -2.34. The van der Waals surface area contributed by atoms with Gasteiger partial charge in [0.05, 0.1) is 5.69 Å². The van der Waals surface area contributed by atoms with Gasteiger partial charge in [0, 0.05) is 19.0 Å². The molecule has 1 aliphatic heterocycles. The highest BCUT2D eigenvalue weighted by Crippen LogP contribution is 2.39. The summed E-state index contributed by atoms with van der Waals surface area (Å²) >= 11 is 0. The summed E-state index contributed by atoms with van der Waals surface area (Å²) in [6.45, 7) is 4.32. The minimum absolute atomic E-state index is 0.514. The number of nitrogens with zero attached hydrogens (tertiary/aromatic N) is 4. The van der Waals surface area contributed by atoms with Crippen LogP contribution in [0.25, 0.3) is 0 Å². The van der Waals surface area contributed by atoms with Gasteiger partial charge in [0.1, 0.15) is 11.8 Å². The zero-order valence-electron chi connectivity index (χ0n) is 10.8. The number of aromatic nitrogens is 2. The van der Waals surface area contributed by atoms with Gasteiger partial charge in [-0.1, -0.05) is 6.92 Å². The first kappa shape index (κ1) is 11.5. The highest BCUT2D eigenvalue weighted by atomic mass is 15.3. The van der Waals surface area contributed by atoms with E-state index in [1.54, 1.807) is 0 Å². The van der Waals surface area contributed by atoms with Crippen LogP contribution in [0.3, 0.4) is 0 Å². The van der Waals surface area contributed by atoms with E-state index in [1.807, 2.05) is 6.07 Å². The van der Waals surface area contributed by atoms with Crippen molar-refractivity contribution < 1.29 is 0 Å². The summed E-state index contributed by atoms with van der Waals surface area (Å²) in [7, 11) is 0. The fraction of sp³-hybridized carbons (Fsp3) is 0.643. The van der Waals surface area contributed by atoms with Crippen LogP contribution >= 0.6 is 0 Å². The third-order valence-corrected chi connectivity index (χ3v) is 3.91. The lowest BCUT2D eigenvalue weighted by molar-refractivity contribution is 0.434. The maximum absolute atomic E-state index is 9.07. The average Bonchev–Trinajstić information content (AvgIpc) is 3.23. The lowest BCUT2D eigenvalue weighted by atomic mass is 10.00. The minimum Gasteiger partial charge on any atom is -0.341 e. The standard InChI is InChI=1S/C14H18N4/c1-10-4-6-18(7-5-10)14-16-12(9-15)8-13(17-14)11-2-3-11/h8,10-11H,2-7H2,1H3. The van der Waals surface area contributed by atoms with Crippen molar-refractivity contribution in [3.8, 4) is 6.07 Å². The first-order valence-electron chi connectivity index (χ1n) is 6.80. The molecule has 4 nitrogen and oxygen atoms in total. The van der Waals surface area contributed by atoms with Crippen molar-refractivity contribution in [2.45, 2.75) is 38.5 Å². The molecule has 94 valence electrons. The zero-order valence-corrected chi connectivity index (χ0v) is 10.8. The van der Waals surface area contributed by atoms with E-state index in [1.165, 1.54) is 25.7 Å². The summed E-state index contributed by atoms with van der Waals surface area (Å²) in [5.74, 6) is 2.13. The van der Waals surface area contributed by atoms with Crippen molar-refractivity contribution in [3.63, 3.8) is 0 Å². The topological polar surface area (TPSA) is 52.8 Å². The Morgan fingerprint density at radius 3 is 2.56 bits per heavy atom. The monoisotopic (exact) mass is 242 g/mol. The number of nitriles is 1. The first-order valence-corrected chi connectivity index (χ1v) is 6.80. The van der Waals surface area contributed by atoms with E-state index in [0.29, 0.717) is 11.6 Å². The second kappa shape index (κ2) is 4.56. The Morgan fingerprint density at radius 2 is 1.94 bits per heavy atom. The molecule has 2 heterocycles. The number of hydrogen-bond acceptors (Lipinski definition) is 4. The fourth-order valence-electron chi connectivity index (χ4n) is 2.45. The molecule has 4 heteroatoms. The van der Waals surface area contributed by atoms with Gasteiger partial charge in [-0.15, -0.1) is 0 Å².